The van der Waals surface area contributed by atoms with E-state index in [2.05, 4.69) is 0 Å². The molecule has 0 aliphatic heterocycles. The van der Waals surface area contributed by atoms with E-state index in [1.807, 2.05) is 19.9 Å². The van der Waals surface area contributed by atoms with Gasteiger partial charge in [0.25, 0.3) is 5.69 Å². The molecule has 0 heterocycles. The molecule has 0 aromatic heterocycles. The fourth-order valence-corrected chi connectivity index (χ4v) is 2.08. The van der Waals surface area contributed by atoms with Crippen molar-refractivity contribution in [3.05, 3.63) is 45.0 Å². The SMILES string of the molecule is CC(=O)SCC=Cc1c(C)cc(C)cc1[N+](=O)[O-]. The number of hydrogen-bond acceptors (Lipinski definition) is 4. The maximum atomic E-state index is 11.0. The molecule has 5 heteroatoms. The third-order valence-corrected chi connectivity index (χ3v) is 3.14. The van der Waals surface area contributed by atoms with Crippen molar-refractivity contribution < 1.29 is 9.72 Å². The Morgan fingerprint density at radius 2 is 2.11 bits per heavy atom. The summed E-state index contributed by atoms with van der Waals surface area (Å²) < 4.78 is 0. The van der Waals surface area contributed by atoms with Gasteiger partial charge in [-0.3, -0.25) is 14.9 Å². The highest BCUT2D eigenvalue weighted by atomic mass is 32.2. The van der Waals surface area contributed by atoms with E-state index in [4.69, 9.17) is 0 Å². The molecule has 0 N–H and O–H groups in total. The zero-order chi connectivity index (χ0) is 13.7. The van der Waals surface area contributed by atoms with Gasteiger partial charge < -0.3 is 0 Å². The van der Waals surface area contributed by atoms with Crippen molar-refractivity contribution in [3.63, 3.8) is 0 Å². The predicted octanol–water partition coefficient (Wildman–Crippen LogP) is 3.50. The summed E-state index contributed by atoms with van der Waals surface area (Å²) in [5.74, 6) is 0.528. The lowest BCUT2D eigenvalue weighted by molar-refractivity contribution is -0.385. The van der Waals surface area contributed by atoms with Gasteiger partial charge in [0.2, 0.25) is 0 Å². The second-order valence-corrected chi connectivity index (χ2v) is 5.17. The van der Waals surface area contributed by atoms with Crippen LogP contribution in [-0.2, 0) is 4.79 Å². The van der Waals surface area contributed by atoms with Crippen LogP contribution in [0.2, 0.25) is 0 Å². The molecule has 4 nitrogen and oxygen atoms in total. The van der Waals surface area contributed by atoms with Gasteiger partial charge in [0.15, 0.2) is 5.12 Å². The number of nitro groups is 1. The fourth-order valence-electron chi connectivity index (χ4n) is 1.66. The van der Waals surface area contributed by atoms with Gasteiger partial charge >= 0.3 is 0 Å². The normalized spacial score (nSPS) is 10.8. The van der Waals surface area contributed by atoms with Crippen LogP contribution in [0.1, 0.15) is 23.6 Å². The molecule has 0 radical (unpaired) electrons. The van der Waals surface area contributed by atoms with Crippen molar-refractivity contribution in [1.82, 2.24) is 0 Å². The van der Waals surface area contributed by atoms with Crippen LogP contribution in [0, 0.1) is 24.0 Å². The summed E-state index contributed by atoms with van der Waals surface area (Å²) in [5.41, 5.74) is 2.45. The Labute approximate surface area is 110 Å². The monoisotopic (exact) mass is 265 g/mol. The smallest absolute Gasteiger partial charge is 0.277 e. The molecule has 0 saturated heterocycles. The van der Waals surface area contributed by atoms with Gasteiger partial charge in [-0.1, -0.05) is 30.0 Å². The Bertz CT molecular complexity index is 509. The Morgan fingerprint density at radius 1 is 1.44 bits per heavy atom. The first-order valence-electron chi connectivity index (χ1n) is 5.47. The average Bonchev–Trinajstić information content (AvgIpc) is 2.25. The zero-order valence-electron chi connectivity index (χ0n) is 10.6. The molecule has 0 amide bonds. The molecule has 18 heavy (non-hydrogen) atoms. The fraction of sp³-hybridized carbons (Fsp3) is 0.308. The third kappa shape index (κ3) is 4.00. The Morgan fingerprint density at radius 3 is 2.67 bits per heavy atom. The van der Waals surface area contributed by atoms with E-state index >= 15 is 0 Å². The minimum absolute atomic E-state index is 0.0368. The molecule has 96 valence electrons. The van der Waals surface area contributed by atoms with Crippen LogP contribution in [0.3, 0.4) is 0 Å². The number of aryl methyl sites for hydroxylation is 2. The van der Waals surface area contributed by atoms with Crippen LogP contribution in [-0.4, -0.2) is 15.8 Å². The van der Waals surface area contributed by atoms with Crippen molar-refractivity contribution in [1.29, 1.82) is 0 Å². The number of rotatable bonds is 4. The van der Waals surface area contributed by atoms with Crippen LogP contribution < -0.4 is 0 Å². The van der Waals surface area contributed by atoms with E-state index in [0.29, 0.717) is 11.3 Å². The number of benzene rings is 1. The second-order valence-electron chi connectivity index (χ2n) is 3.98. The Kier molecular flexibility index (Phi) is 5.09. The average molecular weight is 265 g/mol. The standard InChI is InChI=1S/C13H15NO3S/c1-9-7-10(2)12(13(8-9)14(16)17)5-4-6-18-11(3)15/h4-5,7-8H,6H2,1-3H3. The molecule has 0 bridgehead atoms. The first-order valence-corrected chi connectivity index (χ1v) is 6.46. The molecule has 1 aromatic carbocycles. The summed E-state index contributed by atoms with van der Waals surface area (Å²) in [5, 5.41) is 11.0. The van der Waals surface area contributed by atoms with E-state index in [9.17, 15) is 14.9 Å². The number of nitro benzene ring substituents is 1. The summed E-state index contributed by atoms with van der Waals surface area (Å²) in [6.07, 6.45) is 3.49. The molecule has 0 aliphatic carbocycles. The van der Waals surface area contributed by atoms with Gasteiger partial charge in [-0.25, -0.2) is 0 Å². The molecule has 1 aromatic rings. The zero-order valence-corrected chi connectivity index (χ0v) is 11.4. The van der Waals surface area contributed by atoms with Crippen LogP contribution in [0.15, 0.2) is 18.2 Å². The number of nitrogens with zero attached hydrogens (tertiary/aromatic N) is 1. The summed E-state index contributed by atoms with van der Waals surface area (Å²) in [6, 6.07) is 3.47. The van der Waals surface area contributed by atoms with Gasteiger partial charge in [0.1, 0.15) is 0 Å². The quantitative estimate of drug-likeness (QED) is 0.617. The van der Waals surface area contributed by atoms with E-state index in [1.54, 1.807) is 18.2 Å². The minimum atomic E-state index is -0.377. The van der Waals surface area contributed by atoms with E-state index < -0.39 is 0 Å². The van der Waals surface area contributed by atoms with Crippen LogP contribution in [0.4, 0.5) is 5.69 Å². The lowest BCUT2D eigenvalue weighted by Crippen LogP contribution is -1.95. The summed E-state index contributed by atoms with van der Waals surface area (Å²) in [4.78, 5) is 21.4. The van der Waals surface area contributed by atoms with E-state index in [1.165, 1.54) is 18.7 Å². The summed E-state index contributed by atoms with van der Waals surface area (Å²) >= 11 is 1.18. The summed E-state index contributed by atoms with van der Waals surface area (Å²) in [6.45, 7) is 5.18. The van der Waals surface area contributed by atoms with Crippen LogP contribution >= 0.6 is 11.8 Å². The molecule has 0 unspecified atom stereocenters. The molecule has 0 fully saturated rings. The molecule has 0 saturated carbocycles. The number of carbonyl (C=O) groups excluding carboxylic acids is 1. The van der Waals surface area contributed by atoms with Gasteiger partial charge in [-0.15, -0.1) is 0 Å². The van der Waals surface area contributed by atoms with Gasteiger partial charge in [0.05, 0.1) is 10.5 Å². The maximum absolute atomic E-state index is 11.0. The lowest BCUT2D eigenvalue weighted by Gasteiger charge is -2.04. The van der Waals surface area contributed by atoms with Crippen LogP contribution in [0.5, 0.6) is 0 Å². The van der Waals surface area contributed by atoms with Crippen molar-refractivity contribution in [2.75, 3.05) is 5.75 Å². The minimum Gasteiger partial charge on any atom is -0.288 e. The van der Waals surface area contributed by atoms with Crippen molar-refractivity contribution in [2.45, 2.75) is 20.8 Å². The van der Waals surface area contributed by atoms with Gasteiger partial charge in [-0.05, 0) is 25.0 Å². The maximum Gasteiger partial charge on any atom is 0.277 e. The first-order chi connectivity index (χ1) is 8.41. The largest absolute Gasteiger partial charge is 0.288 e. The Hall–Kier alpha value is -1.62. The molecule has 0 spiro atoms. The topological polar surface area (TPSA) is 60.2 Å². The first kappa shape index (κ1) is 14.4. The number of hydrogen-bond donors (Lipinski definition) is 0. The highest BCUT2D eigenvalue weighted by molar-refractivity contribution is 8.13. The molecular weight excluding hydrogens is 250 g/mol. The van der Waals surface area contributed by atoms with Crippen molar-refractivity contribution in [3.8, 4) is 0 Å². The van der Waals surface area contributed by atoms with E-state index in [-0.39, 0.29) is 15.7 Å². The molecular formula is C13H15NO3S. The highest BCUT2D eigenvalue weighted by Crippen LogP contribution is 2.25. The highest BCUT2D eigenvalue weighted by Gasteiger charge is 2.14. The number of thioether (sulfide) groups is 1. The van der Waals surface area contributed by atoms with Crippen LogP contribution in [0.25, 0.3) is 6.08 Å². The van der Waals surface area contributed by atoms with E-state index in [0.717, 1.165) is 11.1 Å². The molecule has 1 rings (SSSR count). The predicted molar refractivity (Wildman–Crippen MR) is 74.7 cm³/mol. The van der Waals surface area contributed by atoms with Gasteiger partial charge in [0, 0.05) is 18.7 Å². The van der Waals surface area contributed by atoms with Gasteiger partial charge in [-0.2, -0.15) is 0 Å². The summed E-state index contributed by atoms with van der Waals surface area (Å²) in [7, 11) is 0. The van der Waals surface area contributed by atoms with Crippen molar-refractivity contribution in [2.24, 2.45) is 0 Å². The second kappa shape index (κ2) is 6.35. The molecule has 0 atom stereocenters. The lowest BCUT2D eigenvalue weighted by atomic mass is 10.0. The van der Waals surface area contributed by atoms with Crippen molar-refractivity contribution >= 4 is 28.6 Å². The Balaban J connectivity index is 3.00. The number of carbonyl (C=O) groups is 1. The third-order valence-electron chi connectivity index (χ3n) is 2.37. The molecule has 0 aliphatic rings.